The number of hydrogen-bond acceptors (Lipinski definition) is 3. The first-order valence-corrected chi connectivity index (χ1v) is 8.13. The minimum Gasteiger partial charge on any atom is -0.444 e. The van der Waals surface area contributed by atoms with E-state index in [1.165, 1.54) is 5.56 Å². The number of nitrogens with one attached hydrogen (secondary N) is 2. The molecule has 1 aromatic carbocycles. The van der Waals surface area contributed by atoms with E-state index in [1.807, 2.05) is 24.3 Å². The highest BCUT2D eigenvalue weighted by molar-refractivity contribution is 5.67. The molecule has 0 fully saturated rings. The zero-order valence-corrected chi connectivity index (χ0v) is 15.1. The molecule has 0 aromatic heterocycles. The van der Waals surface area contributed by atoms with E-state index < -0.39 is 30.7 Å². The maximum Gasteiger partial charge on any atom is 0.407 e. The molecule has 1 aromatic rings. The number of amides is 1. The van der Waals surface area contributed by atoms with Crippen molar-refractivity contribution < 1.29 is 18.3 Å². The number of halogens is 2. The van der Waals surface area contributed by atoms with Crippen LogP contribution in [0.15, 0.2) is 24.3 Å². The van der Waals surface area contributed by atoms with Crippen molar-refractivity contribution in [2.24, 2.45) is 0 Å². The Hall–Kier alpha value is -1.69. The first-order valence-electron chi connectivity index (χ1n) is 8.13. The van der Waals surface area contributed by atoms with Gasteiger partial charge in [-0.1, -0.05) is 38.1 Å². The van der Waals surface area contributed by atoms with E-state index in [4.69, 9.17) is 4.74 Å². The molecule has 24 heavy (non-hydrogen) atoms. The fraction of sp³-hybridized carbons (Fsp3) is 0.611. The van der Waals surface area contributed by atoms with E-state index in [2.05, 4.69) is 24.5 Å². The molecule has 0 saturated carbocycles. The van der Waals surface area contributed by atoms with Gasteiger partial charge in [0.25, 0.3) is 5.92 Å². The molecule has 1 rings (SSSR count). The third-order valence-corrected chi connectivity index (χ3v) is 3.25. The summed E-state index contributed by atoms with van der Waals surface area (Å²) in [6.45, 7) is 8.30. The Kier molecular flexibility index (Phi) is 7.14. The summed E-state index contributed by atoms with van der Waals surface area (Å²) in [5.74, 6) is -2.61. The monoisotopic (exact) mass is 342 g/mol. The van der Waals surface area contributed by atoms with Gasteiger partial charge in [-0.25, -0.2) is 13.6 Å². The van der Waals surface area contributed by atoms with E-state index in [-0.39, 0.29) is 0 Å². The Morgan fingerprint density at radius 2 is 1.71 bits per heavy atom. The second-order valence-electron chi connectivity index (χ2n) is 7.21. The van der Waals surface area contributed by atoms with E-state index in [0.29, 0.717) is 12.5 Å². The molecule has 0 unspecified atom stereocenters. The lowest BCUT2D eigenvalue weighted by Crippen LogP contribution is -2.44. The molecule has 0 aliphatic heterocycles. The van der Waals surface area contributed by atoms with Crippen molar-refractivity contribution in [3.63, 3.8) is 0 Å². The van der Waals surface area contributed by atoms with Crippen LogP contribution in [0.2, 0.25) is 0 Å². The summed E-state index contributed by atoms with van der Waals surface area (Å²) in [5, 5.41) is 4.82. The minimum atomic E-state index is -3.05. The topological polar surface area (TPSA) is 50.4 Å². The molecule has 2 N–H and O–H groups in total. The Morgan fingerprint density at radius 1 is 1.12 bits per heavy atom. The minimum absolute atomic E-state index is 0.348. The number of carbonyl (C=O) groups is 1. The van der Waals surface area contributed by atoms with Gasteiger partial charge in [-0.05, 0) is 37.8 Å². The highest BCUT2D eigenvalue weighted by Gasteiger charge is 2.30. The molecule has 136 valence electrons. The van der Waals surface area contributed by atoms with Crippen LogP contribution in [0.5, 0.6) is 0 Å². The smallest absolute Gasteiger partial charge is 0.407 e. The summed E-state index contributed by atoms with van der Waals surface area (Å²) in [6, 6.07) is 7.87. The van der Waals surface area contributed by atoms with E-state index in [1.54, 1.807) is 20.8 Å². The molecule has 0 aliphatic carbocycles. The number of alkyl halides is 2. The van der Waals surface area contributed by atoms with E-state index >= 15 is 0 Å². The highest BCUT2D eigenvalue weighted by Crippen LogP contribution is 2.15. The first kappa shape index (κ1) is 20.4. The molecule has 0 saturated heterocycles. The van der Waals surface area contributed by atoms with Gasteiger partial charge >= 0.3 is 6.09 Å². The summed E-state index contributed by atoms with van der Waals surface area (Å²) in [5.41, 5.74) is 1.45. The predicted octanol–water partition coefficient (Wildman–Crippen LogP) is 4.06. The second-order valence-corrected chi connectivity index (χ2v) is 7.21. The molecule has 0 aliphatic rings. The molecular weight excluding hydrogens is 314 g/mol. The average Bonchev–Trinajstić information content (AvgIpc) is 2.44. The Bertz CT molecular complexity index is 523. The van der Waals surface area contributed by atoms with Gasteiger partial charge < -0.3 is 15.4 Å². The molecule has 4 nitrogen and oxygen atoms in total. The lowest BCUT2D eigenvalue weighted by Gasteiger charge is -2.22. The maximum absolute atomic E-state index is 13.8. The molecule has 0 bridgehead atoms. The standard InChI is InChI=1S/C18H28F2N2O2/c1-13(2)15-8-6-14(7-9-15)10-21-11-18(19,20)12-22-16(23)24-17(3,4)5/h6-9,13,21H,10-12H2,1-5H3,(H,22,23). The van der Waals surface area contributed by atoms with Crippen LogP contribution >= 0.6 is 0 Å². The summed E-state index contributed by atoms with van der Waals surface area (Å²) >= 11 is 0. The van der Waals surface area contributed by atoms with E-state index in [0.717, 1.165) is 5.56 Å². The van der Waals surface area contributed by atoms with Crippen molar-refractivity contribution in [1.82, 2.24) is 10.6 Å². The van der Waals surface area contributed by atoms with Crippen molar-refractivity contribution in [1.29, 1.82) is 0 Å². The molecular formula is C18H28F2N2O2. The van der Waals surface area contributed by atoms with Gasteiger partial charge in [0.1, 0.15) is 5.60 Å². The van der Waals surface area contributed by atoms with Gasteiger partial charge in [-0.2, -0.15) is 0 Å². The molecule has 1 amide bonds. The number of rotatable bonds is 7. The van der Waals surface area contributed by atoms with Gasteiger partial charge in [0.05, 0.1) is 13.1 Å². The molecule has 0 radical (unpaired) electrons. The first-order chi connectivity index (χ1) is 11.0. The van der Waals surface area contributed by atoms with Crippen LogP contribution in [0.4, 0.5) is 13.6 Å². The van der Waals surface area contributed by atoms with Crippen LogP contribution < -0.4 is 10.6 Å². The van der Waals surface area contributed by atoms with E-state index in [9.17, 15) is 13.6 Å². The van der Waals surface area contributed by atoms with Crippen molar-refractivity contribution in [3.8, 4) is 0 Å². The van der Waals surface area contributed by atoms with Gasteiger partial charge in [-0.15, -0.1) is 0 Å². The normalized spacial score (nSPS) is 12.3. The molecule has 0 heterocycles. The van der Waals surface area contributed by atoms with Crippen molar-refractivity contribution >= 4 is 6.09 Å². The third-order valence-electron chi connectivity index (χ3n) is 3.25. The molecule has 0 spiro atoms. The fourth-order valence-corrected chi connectivity index (χ4v) is 1.99. The van der Waals surface area contributed by atoms with Crippen LogP contribution in [-0.4, -0.2) is 30.7 Å². The van der Waals surface area contributed by atoms with Crippen molar-refractivity contribution in [2.75, 3.05) is 13.1 Å². The van der Waals surface area contributed by atoms with Gasteiger partial charge in [0.15, 0.2) is 0 Å². The quantitative estimate of drug-likeness (QED) is 0.786. The Labute approximate surface area is 143 Å². The average molecular weight is 342 g/mol. The largest absolute Gasteiger partial charge is 0.444 e. The van der Waals surface area contributed by atoms with Gasteiger partial charge in [-0.3, -0.25) is 0 Å². The summed E-state index contributed by atoms with van der Waals surface area (Å²) in [4.78, 5) is 11.4. The third kappa shape index (κ3) is 8.24. The predicted molar refractivity (Wildman–Crippen MR) is 91.4 cm³/mol. The summed E-state index contributed by atoms with van der Waals surface area (Å²) in [6.07, 6.45) is -0.841. The Morgan fingerprint density at radius 3 is 2.21 bits per heavy atom. The fourth-order valence-electron chi connectivity index (χ4n) is 1.99. The Balaban J connectivity index is 2.35. The van der Waals surface area contributed by atoms with Crippen LogP contribution in [0, 0.1) is 0 Å². The summed E-state index contributed by atoms with van der Waals surface area (Å²) in [7, 11) is 0. The number of alkyl carbamates (subject to hydrolysis) is 1. The lowest BCUT2D eigenvalue weighted by atomic mass is 10.0. The number of benzene rings is 1. The van der Waals surface area contributed by atoms with Crippen LogP contribution in [0.25, 0.3) is 0 Å². The number of hydrogen-bond donors (Lipinski definition) is 2. The zero-order chi connectivity index (χ0) is 18.4. The highest BCUT2D eigenvalue weighted by atomic mass is 19.3. The lowest BCUT2D eigenvalue weighted by molar-refractivity contribution is -0.00376. The van der Waals surface area contributed by atoms with Gasteiger partial charge in [0, 0.05) is 6.54 Å². The number of ether oxygens (including phenoxy) is 1. The second kappa shape index (κ2) is 8.42. The summed E-state index contributed by atoms with van der Waals surface area (Å²) < 4.78 is 32.4. The SMILES string of the molecule is CC(C)c1ccc(CNCC(F)(F)CNC(=O)OC(C)(C)C)cc1. The van der Waals surface area contributed by atoms with Crippen LogP contribution in [-0.2, 0) is 11.3 Å². The number of carbonyl (C=O) groups excluding carboxylic acids is 1. The zero-order valence-electron chi connectivity index (χ0n) is 15.1. The van der Waals surface area contributed by atoms with Crippen molar-refractivity contribution in [3.05, 3.63) is 35.4 Å². The van der Waals surface area contributed by atoms with Crippen LogP contribution in [0.3, 0.4) is 0 Å². The molecule has 0 atom stereocenters. The van der Waals surface area contributed by atoms with Crippen molar-refractivity contribution in [2.45, 2.75) is 58.6 Å². The van der Waals surface area contributed by atoms with Gasteiger partial charge in [0.2, 0.25) is 0 Å². The maximum atomic E-state index is 13.8. The van der Waals surface area contributed by atoms with Crippen LogP contribution in [0.1, 0.15) is 51.7 Å². The molecule has 6 heteroatoms.